The molecule has 2 aliphatic rings. The second-order valence-corrected chi connectivity index (χ2v) is 9.72. The summed E-state index contributed by atoms with van der Waals surface area (Å²) in [7, 11) is 0. The highest BCUT2D eigenvalue weighted by Crippen LogP contribution is 2.35. The van der Waals surface area contributed by atoms with Crippen molar-refractivity contribution in [1.82, 2.24) is 20.2 Å². The third-order valence-electron chi connectivity index (χ3n) is 6.92. The van der Waals surface area contributed by atoms with Gasteiger partial charge in [0.2, 0.25) is 5.88 Å². The molecule has 11 heteroatoms. The fourth-order valence-electron chi connectivity index (χ4n) is 4.81. The Morgan fingerprint density at radius 1 is 1.14 bits per heavy atom. The summed E-state index contributed by atoms with van der Waals surface area (Å²) >= 11 is 0. The molecule has 0 saturated heterocycles. The third kappa shape index (κ3) is 8.55. The van der Waals surface area contributed by atoms with E-state index in [4.69, 9.17) is 9.47 Å². The number of nitrogens with one attached hydrogen (secondary N) is 1. The molecule has 0 radical (unpaired) electrons. The number of rotatable bonds is 9. The van der Waals surface area contributed by atoms with Crippen molar-refractivity contribution in [2.45, 2.75) is 62.8 Å². The van der Waals surface area contributed by atoms with Crippen LogP contribution >= 0.6 is 0 Å². The van der Waals surface area contributed by atoms with Crippen molar-refractivity contribution in [1.29, 1.82) is 0 Å². The molecule has 0 aromatic carbocycles. The zero-order chi connectivity index (χ0) is 26.3. The van der Waals surface area contributed by atoms with Gasteiger partial charge in [-0.25, -0.2) is 9.37 Å². The lowest BCUT2D eigenvalue weighted by atomic mass is 9.81. The molecule has 3 heterocycles. The maximum absolute atomic E-state index is 15.5. The standard InChI is InChI=1S/C26H32F4N4O3/c27-25(9-5-20(6-10-25)32-23(35)17-36-21-2-1-12-31-16-21)11-15-34-13-7-19-3-4-24(33-22(19)8-14-34)37-18-26(28,29)30/h1-4,12,16,20H,5-11,13-15,17-18H2,(H,32,35)/t20-,25+. The summed E-state index contributed by atoms with van der Waals surface area (Å²) in [4.78, 5) is 22.6. The molecule has 1 amide bonds. The molecule has 202 valence electrons. The number of ether oxygens (including phenoxy) is 2. The van der Waals surface area contributed by atoms with Crippen molar-refractivity contribution >= 4 is 5.91 Å². The van der Waals surface area contributed by atoms with Crippen molar-refractivity contribution in [3.63, 3.8) is 0 Å². The molecule has 2 aromatic heterocycles. The van der Waals surface area contributed by atoms with Crippen LogP contribution in [0.25, 0.3) is 0 Å². The maximum Gasteiger partial charge on any atom is 0.422 e. The molecule has 1 N–H and O–H groups in total. The van der Waals surface area contributed by atoms with Gasteiger partial charge in [0.15, 0.2) is 13.2 Å². The summed E-state index contributed by atoms with van der Waals surface area (Å²) in [6.45, 7) is 0.522. The Morgan fingerprint density at radius 2 is 1.92 bits per heavy atom. The number of nitrogens with zero attached hydrogens (tertiary/aromatic N) is 3. The van der Waals surface area contributed by atoms with Crippen LogP contribution in [-0.4, -0.2) is 71.5 Å². The zero-order valence-corrected chi connectivity index (χ0v) is 20.6. The normalized spacial score (nSPS) is 22.5. The number of amides is 1. The largest absolute Gasteiger partial charge is 0.482 e. The van der Waals surface area contributed by atoms with Gasteiger partial charge in [-0.1, -0.05) is 6.07 Å². The van der Waals surface area contributed by atoms with Crippen LogP contribution in [0.3, 0.4) is 0 Å². The third-order valence-corrected chi connectivity index (χ3v) is 6.92. The van der Waals surface area contributed by atoms with Gasteiger partial charge in [-0.15, -0.1) is 0 Å². The van der Waals surface area contributed by atoms with Gasteiger partial charge in [-0.05, 0) is 56.2 Å². The molecule has 1 aliphatic heterocycles. The van der Waals surface area contributed by atoms with Crippen LogP contribution in [0.15, 0.2) is 36.7 Å². The summed E-state index contributed by atoms with van der Waals surface area (Å²) < 4.78 is 63.0. The highest BCUT2D eigenvalue weighted by atomic mass is 19.4. The zero-order valence-electron chi connectivity index (χ0n) is 20.6. The van der Waals surface area contributed by atoms with Crippen LogP contribution in [-0.2, 0) is 17.6 Å². The summed E-state index contributed by atoms with van der Waals surface area (Å²) in [6.07, 6.45) is 2.36. The van der Waals surface area contributed by atoms with E-state index in [1.807, 2.05) is 0 Å². The smallest absolute Gasteiger partial charge is 0.422 e. The van der Waals surface area contributed by atoms with E-state index in [-0.39, 0.29) is 24.4 Å². The van der Waals surface area contributed by atoms with Gasteiger partial charge in [-0.3, -0.25) is 9.78 Å². The van der Waals surface area contributed by atoms with Crippen molar-refractivity contribution in [2.75, 3.05) is 32.8 Å². The van der Waals surface area contributed by atoms with E-state index in [0.29, 0.717) is 63.8 Å². The minimum Gasteiger partial charge on any atom is -0.482 e. The molecule has 0 bridgehead atoms. The van der Waals surface area contributed by atoms with Gasteiger partial charge in [0, 0.05) is 50.1 Å². The molecule has 0 spiro atoms. The number of carbonyl (C=O) groups is 1. The van der Waals surface area contributed by atoms with Gasteiger partial charge in [0.05, 0.1) is 6.20 Å². The average molecular weight is 525 g/mol. The van der Waals surface area contributed by atoms with E-state index >= 15 is 4.39 Å². The lowest BCUT2D eigenvalue weighted by Gasteiger charge is -2.35. The van der Waals surface area contributed by atoms with Crippen LogP contribution in [0, 0.1) is 0 Å². The predicted molar refractivity (Wildman–Crippen MR) is 128 cm³/mol. The molecule has 37 heavy (non-hydrogen) atoms. The number of hydrogen-bond donors (Lipinski definition) is 1. The summed E-state index contributed by atoms with van der Waals surface area (Å²) in [5.41, 5.74) is 0.449. The molecule has 1 aliphatic carbocycles. The highest BCUT2D eigenvalue weighted by molar-refractivity contribution is 5.77. The molecule has 7 nitrogen and oxygen atoms in total. The Kier molecular flexibility index (Phi) is 8.83. The van der Waals surface area contributed by atoms with E-state index < -0.39 is 18.5 Å². The molecular formula is C26H32F4N4O3. The van der Waals surface area contributed by atoms with E-state index in [0.717, 1.165) is 17.8 Å². The number of aromatic nitrogens is 2. The Hall–Kier alpha value is -2.95. The number of halogens is 4. The first-order valence-corrected chi connectivity index (χ1v) is 12.6. The molecule has 4 rings (SSSR count). The van der Waals surface area contributed by atoms with E-state index in [1.54, 1.807) is 24.4 Å². The Labute approximate surface area is 213 Å². The van der Waals surface area contributed by atoms with Gasteiger partial charge in [0.1, 0.15) is 11.4 Å². The molecule has 0 atom stereocenters. The quantitative estimate of drug-likeness (QED) is 0.499. The fourth-order valence-corrected chi connectivity index (χ4v) is 4.81. The van der Waals surface area contributed by atoms with Crippen LogP contribution in [0.5, 0.6) is 11.6 Å². The SMILES string of the molecule is O=C(COc1cccnc1)N[C@H]1CC[C@](F)(CCN2CCc3ccc(OCC(F)(F)F)nc3CC2)CC1. The molecule has 2 aromatic rings. The van der Waals surface area contributed by atoms with Gasteiger partial charge in [0.25, 0.3) is 5.91 Å². The number of alkyl halides is 4. The van der Waals surface area contributed by atoms with Crippen LogP contribution in [0.1, 0.15) is 43.4 Å². The van der Waals surface area contributed by atoms with Gasteiger partial charge < -0.3 is 19.7 Å². The van der Waals surface area contributed by atoms with E-state index in [9.17, 15) is 18.0 Å². The molecular weight excluding hydrogens is 492 g/mol. The monoisotopic (exact) mass is 524 g/mol. The predicted octanol–water partition coefficient (Wildman–Crippen LogP) is 4.05. The first-order valence-electron chi connectivity index (χ1n) is 12.6. The number of hydrogen-bond acceptors (Lipinski definition) is 6. The topological polar surface area (TPSA) is 76.6 Å². The Balaban J connectivity index is 1.17. The van der Waals surface area contributed by atoms with E-state index in [2.05, 4.69) is 20.2 Å². The van der Waals surface area contributed by atoms with Crippen molar-refractivity contribution in [2.24, 2.45) is 0 Å². The molecule has 1 saturated carbocycles. The van der Waals surface area contributed by atoms with E-state index in [1.165, 1.54) is 12.3 Å². The highest BCUT2D eigenvalue weighted by Gasteiger charge is 2.36. The summed E-state index contributed by atoms with van der Waals surface area (Å²) in [6, 6.07) is 6.62. The number of pyridine rings is 2. The Morgan fingerprint density at radius 3 is 2.65 bits per heavy atom. The molecule has 0 unspecified atom stereocenters. The second-order valence-electron chi connectivity index (χ2n) is 9.72. The minimum atomic E-state index is -4.41. The molecule has 1 fully saturated rings. The van der Waals surface area contributed by atoms with Crippen molar-refractivity contribution in [3.8, 4) is 11.6 Å². The maximum atomic E-state index is 15.5. The number of carbonyl (C=O) groups excluding carboxylic acids is 1. The average Bonchev–Trinajstić information content (AvgIpc) is 3.09. The number of fused-ring (bicyclic) bond motifs is 1. The summed E-state index contributed by atoms with van der Waals surface area (Å²) in [5.74, 6) is 0.260. The van der Waals surface area contributed by atoms with Crippen molar-refractivity contribution < 1.29 is 31.8 Å². The van der Waals surface area contributed by atoms with Crippen LogP contribution < -0.4 is 14.8 Å². The van der Waals surface area contributed by atoms with Gasteiger partial charge >= 0.3 is 6.18 Å². The second kappa shape index (κ2) is 12.1. The van der Waals surface area contributed by atoms with Crippen molar-refractivity contribution in [3.05, 3.63) is 47.9 Å². The van der Waals surface area contributed by atoms with Crippen LogP contribution in [0.2, 0.25) is 0 Å². The van der Waals surface area contributed by atoms with Gasteiger partial charge in [-0.2, -0.15) is 13.2 Å². The first-order chi connectivity index (χ1) is 17.7. The first kappa shape index (κ1) is 27.1. The fraction of sp³-hybridized carbons (Fsp3) is 0.577. The van der Waals surface area contributed by atoms with Crippen LogP contribution in [0.4, 0.5) is 17.6 Å². The summed E-state index contributed by atoms with van der Waals surface area (Å²) in [5, 5.41) is 2.93. The minimum absolute atomic E-state index is 0.0280. The lowest BCUT2D eigenvalue weighted by molar-refractivity contribution is -0.154. The lowest BCUT2D eigenvalue weighted by Crippen LogP contribution is -2.44. The Bertz CT molecular complexity index is 1030.